The summed E-state index contributed by atoms with van der Waals surface area (Å²) < 4.78 is 105. The Labute approximate surface area is 163 Å². The van der Waals surface area contributed by atoms with Crippen LogP contribution in [0, 0.1) is 5.92 Å². The fourth-order valence-corrected chi connectivity index (χ4v) is 3.54. The molecule has 0 bridgehead atoms. The van der Waals surface area contributed by atoms with Gasteiger partial charge in [0, 0.05) is 18.7 Å². The number of hydrazone groups is 1. The molecule has 1 aliphatic heterocycles. The lowest BCUT2D eigenvalue weighted by molar-refractivity contribution is -0.143. The van der Waals surface area contributed by atoms with E-state index >= 15 is 0 Å². The predicted octanol–water partition coefficient (Wildman–Crippen LogP) is 3.71. The van der Waals surface area contributed by atoms with Crippen LogP contribution < -0.4 is 4.72 Å². The zero-order valence-electron chi connectivity index (χ0n) is 15.3. The highest BCUT2D eigenvalue weighted by atomic mass is 32.2. The molecule has 1 aromatic rings. The Bertz CT molecular complexity index is 877. The molecule has 13 heteroatoms. The second-order valence-corrected chi connectivity index (χ2v) is 7.84. The van der Waals surface area contributed by atoms with E-state index in [9.17, 15) is 34.8 Å². The molecule has 1 unspecified atom stereocenters. The molecule has 0 fully saturated rings. The Hall–Kier alpha value is -2.31. The van der Waals surface area contributed by atoms with E-state index in [1.165, 1.54) is 5.01 Å². The maximum atomic E-state index is 13.0. The van der Waals surface area contributed by atoms with Gasteiger partial charge in [0.1, 0.15) is 0 Å². The summed E-state index contributed by atoms with van der Waals surface area (Å²) >= 11 is 0. The van der Waals surface area contributed by atoms with Crippen LogP contribution in [0.2, 0.25) is 0 Å². The zero-order chi connectivity index (χ0) is 22.0. The molecule has 1 atom stereocenters. The van der Waals surface area contributed by atoms with Gasteiger partial charge in [-0.2, -0.15) is 31.4 Å². The number of benzene rings is 1. The van der Waals surface area contributed by atoms with E-state index in [1.54, 1.807) is 13.1 Å². The van der Waals surface area contributed by atoms with Gasteiger partial charge in [0.15, 0.2) is 0 Å². The summed E-state index contributed by atoms with van der Waals surface area (Å²) in [6.07, 6.45) is -8.07. The lowest BCUT2D eigenvalue weighted by Crippen LogP contribution is -2.41. The first kappa shape index (κ1) is 23.0. The van der Waals surface area contributed by atoms with Crippen molar-refractivity contribution in [2.75, 3.05) is 13.1 Å². The molecule has 0 saturated carbocycles. The maximum absolute atomic E-state index is 13.0. The predicted molar refractivity (Wildman–Crippen MR) is 93.7 cm³/mol. The summed E-state index contributed by atoms with van der Waals surface area (Å²) in [4.78, 5) is 2.74. The van der Waals surface area contributed by atoms with E-state index in [0.29, 0.717) is 6.42 Å². The fraction of sp³-hybridized carbons (Fsp3) is 0.500. The Morgan fingerprint density at radius 3 is 2.10 bits per heavy atom. The third-order valence-electron chi connectivity index (χ3n) is 4.00. The molecule has 162 valence electrons. The van der Waals surface area contributed by atoms with E-state index in [0.717, 1.165) is 0 Å². The van der Waals surface area contributed by atoms with Gasteiger partial charge in [-0.15, -0.1) is 0 Å². The number of nitrogens with zero attached hydrogens (tertiary/aromatic N) is 3. The molecular weight excluding hydrogens is 426 g/mol. The smallest absolute Gasteiger partial charge is 0.251 e. The topological polar surface area (TPSA) is 74.1 Å². The third-order valence-corrected chi connectivity index (χ3v) is 5.31. The van der Waals surface area contributed by atoms with Gasteiger partial charge in [-0.25, -0.2) is 18.1 Å². The van der Waals surface area contributed by atoms with Crippen molar-refractivity contribution in [2.45, 2.75) is 37.5 Å². The number of rotatable bonds is 4. The van der Waals surface area contributed by atoms with Gasteiger partial charge < -0.3 is 0 Å². The van der Waals surface area contributed by atoms with Crippen molar-refractivity contribution in [1.29, 1.82) is 0 Å². The van der Waals surface area contributed by atoms with Gasteiger partial charge >= 0.3 is 12.4 Å². The van der Waals surface area contributed by atoms with Crippen molar-refractivity contribution in [3.8, 4) is 0 Å². The molecule has 0 spiro atoms. The Morgan fingerprint density at radius 1 is 1.14 bits per heavy atom. The van der Waals surface area contributed by atoms with Crippen LogP contribution in [-0.2, 0) is 22.4 Å². The average molecular weight is 444 g/mol. The SMILES string of the molecule is CCN=C(NS(=O)(=O)c1cc(C(F)(F)F)cc(C(F)(F)F)c1)N1CC(CC)C=N1. The second-order valence-electron chi connectivity index (χ2n) is 6.16. The number of alkyl halides is 6. The van der Waals surface area contributed by atoms with Gasteiger partial charge in [-0.05, 0) is 31.5 Å². The number of hydrogen-bond acceptors (Lipinski definition) is 4. The van der Waals surface area contributed by atoms with Gasteiger partial charge in [-0.3, -0.25) is 4.99 Å². The van der Waals surface area contributed by atoms with E-state index < -0.39 is 38.4 Å². The van der Waals surface area contributed by atoms with Crippen molar-refractivity contribution in [2.24, 2.45) is 16.0 Å². The molecule has 2 rings (SSSR count). The number of nitrogens with one attached hydrogen (secondary N) is 1. The number of hydrogen-bond donors (Lipinski definition) is 1. The molecule has 1 aliphatic rings. The molecule has 1 heterocycles. The van der Waals surface area contributed by atoms with Gasteiger partial charge in [0.2, 0.25) is 5.96 Å². The van der Waals surface area contributed by atoms with Crippen molar-refractivity contribution >= 4 is 22.2 Å². The average Bonchev–Trinajstić information content (AvgIpc) is 3.08. The minimum Gasteiger partial charge on any atom is -0.251 e. The van der Waals surface area contributed by atoms with E-state index in [2.05, 4.69) is 10.1 Å². The number of halogens is 6. The van der Waals surface area contributed by atoms with E-state index in [1.807, 2.05) is 11.6 Å². The normalized spacial score (nSPS) is 18.4. The molecule has 1 N–H and O–H groups in total. The minimum atomic E-state index is -5.17. The van der Waals surface area contributed by atoms with Gasteiger partial charge in [-0.1, -0.05) is 6.92 Å². The largest absolute Gasteiger partial charge is 0.416 e. The minimum absolute atomic E-state index is 0.00643. The molecule has 29 heavy (non-hydrogen) atoms. The van der Waals surface area contributed by atoms with Gasteiger partial charge in [0.25, 0.3) is 10.0 Å². The molecule has 0 saturated heterocycles. The van der Waals surface area contributed by atoms with Crippen LogP contribution >= 0.6 is 0 Å². The first-order chi connectivity index (χ1) is 13.3. The molecular formula is C16H18F6N4O2S. The highest BCUT2D eigenvalue weighted by Crippen LogP contribution is 2.37. The summed E-state index contributed by atoms with van der Waals surface area (Å²) in [5.41, 5.74) is -3.46. The number of guanidine groups is 1. The highest BCUT2D eigenvalue weighted by Gasteiger charge is 2.38. The van der Waals surface area contributed by atoms with Crippen molar-refractivity contribution in [3.63, 3.8) is 0 Å². The van der Waals surface area contributed by atoms with Crippen LogP contribution in [0.4, 0.5) is 26.3 Å². The Kier molecular flexibility index (Phi) is 6.50. The van der Waals surface area contributed by atoms with Crippen molar-refractivity contribution in [1.82, 2.24) is 9.73 Å². The van der Waals surface area contributed by atoms with E-state index in [-0.39, 0.29) is 43.2 Å². The van der Waals surface area contributed by atoms with Crippen LogP contribution in [-0.4, -0.2) is 38.7 Å². The van der Waals surface area contributed by atoms with E-state index in [4.69, 9.17) is 0 Å². The quantitative estimate of drug-likeness (QED) is 0.437. The maximum Gasteiger partial charge on any atom is 0.416 e. The van der Waals surface area contributed by atoms with Crippen LogP contribution in [0.1, 0.15) is 31.4 Å². The summed E-state index contributed by atoms with van der Waals surface area (Å²) in [6.45, 7) is 3.84. The molecule has 0 aliphatic carbocycles. The lowest BCUT2D eigenvalue weighted by atomic mass is 10.1. The Balaban J connectivity index is 2.46. The summed E-state index contributed by atoms with van der Waals surface area (Å²) in [5, 5.41) is 5.19. The first-order valence-corrected chi connectivity index (χ1v) is 9.94. The number of aliphatic imine (C=N–C) groups is 1. The zero-order valence-corrected chi connectivity index (χ0v) is 16.2. The summed E-state index contributed by atoms with van der Waals surface area (Å²) in [7, 11) is -4.81. The standard InChI is InChI=1S/C16H18F6N4O2S/c1-3-10-8-24-26(9-10)14(23-4-2)25-29(27,28)13-6-11(15(17,18)19)5-12(7-13)16(20,21)22/h5-8,10H,3-4,9H2,1-2H3,(H,23,25). The van der Waals surface area contributed by atoms with Crippen LogP contribution in [0.15, 0.2) is 33.2 Å². The lowest BCUT2D eigenvalue weighted by Gasteiger charge is -2.20. The molecule has 6 nitrogen and oxygen atoms in total. The van der Waals surface area contributed by atoms with Gasteiger partial charge in [0.05, 0.1) is 22.6 Å². The van der Waals surface area contributed by atoms with Crippen molar-refractivity contribution < 1.29 is 34.8 Å². The van der Waals surface area contributed by atoms with Crippen LogP contribution in [0.25, 0.3) is 0 Å². The summed E-state index contributed by atoms with van der Waals surface area (Å²) in [5.74, 6) is -0.280. The first-order valence-electron chi connectivity index (χ1n) is 8.46. The molecule has 1 aromatic carbocycles. The highest BCUT2D eigenvalue weighted by molar-refractivity contribution is 7.90. The summed E-state index contributed by atoms with van der Waals surface area (Å²) in [6, 6.07) is 0.142. The monoisotopic (exact) mass is 444 g/mol. The van der Waals surface area contributed by atoms with Crippen LogP contribution in [0.3, 0.4) is 0 Å². The second kappa shape index (κ2) is 8.20. The van der Waals surface area contributed by atoms with Crippen LogP contribution in [0.5, 0.6) is 0 Å². The molecule has 0 radical (unpaired) electrons. The number of sulfonamides is 1. The fourth-order valence-electron chi connectivity index (χ4n) is 2.44. The Morgan fingerprint density at radius 2 is 1.69 bits per heavy atom. The van der Waals surface area contributed by atoms with Crippen molar-refractivity contribution in [3.05, 3.63) is 29.3 Å². The molecule has 0 amide bonds. The third kappa shape index (κ3) is 5.61. The molecule has 0 aromatic heterocycles.